The van der Waals surface area contributed by atoms with Crippen molar-refractivity contribution >= 4 is 14.8 Å². The molecule has 0 aliphatic rings. The Labute approximate surface area is 101 Å². The largest absolute Gasteiger partial charge is 0.395 e. The molecule has 0 unspecified atom stereocenters. The molecule has 3 nitrogen and oxygen atoms in total. The Morgan fingerprint density at radius 3 is 1.88 bits per heavy atom. The molecule has 96 valence electrons. The Morgan fingerprint density at radius 1 is 1.19 bits per heavy atom. The lowest BCUT2D eigenvalue weighted by Gasteiger charge is -2.24. The van der Waals surface area contributed by atoms with Crippen LogP contribution in [0.4, 0.5) is 0 Å². The lowest BCUT2D eigenvalue weighted by atomic mass is 10.5. The number of carbonyl (C=O) groups is 1. The first-order valence-corrected chi connectivity index (χ1v) is 8.44. The zero-order valence-corrected chi connectivity index (χ0v) is 12.1. The summed E-state index contributed by atoms with van der Waals surface area (Å²) < 4.78 is 11.1. The average molecular weight is 246 g/mol. The Kier molecular flexibility index (Phi) is 14.1. The molecule has 0 aliphatic carbocycles. The highest BCUT2D eigenvalue weighted by molar-refractivity contribution is 6.66. The SMILES string of the molecule is C=CCC.CCO[Si](C)(CCC=O)OCC. The molecule has 4 heteroatoms. The molecule has 0 fully saturated rings. The Hall–Kier alpha value is -0.453. The van der Waals surface area contributed by atoms with Crippen LogP contribution in [0.25, 0.3) is 0 Å². The van der Waals surface area contributed by atoms with E-state index in [-0.39, 0.29) is 0 Å². The second-order valence-electron chi connectivity index (χ2n) is 3.40. The molecule has 0 atom stereocenters. The summed E-state index contributed by atoms with van der Waals surface area (Å²) in [4.78, 5) is 10.2. The van der Waals surface area contributed by atoms with Gasteiger partial charge in [-0.15, -0.1) is 6.58 Å². The molecule has 0 aromatic heterocycles. The second-order valence-corrected chi connectivity index (χ2v) is 6.75. The van der Waals surface area contributed by atoms with Gasteiger partial charge in [-0.2, -0.15) is 0 Å². The number of carbonyl (C=O) groups excluding carboxylic acids is 1. The first kappa shape index (κ1) is 17.9. The summed E-state index contributed by atoms with van der Waals surface area (Å²) >= 11 is 0. The summed E-state index contributed by atoms with van der Waals surface area (Å²) in [5.41, 5.74) is 0. The number of allylic oxidation sites excluding steroid dienone is 1. The molecule has 16 heavy (non-hydrogen) atoms. The summed E-state index contributed by atoms with van der Waals surface area (Å²) in [6.07, 6.45) is 4.42. The van der Waals surface area contributed by atoms with Crippen molar-refractivity contribution in [3.05, 3.63) is 12.7 Å². The third kappa shape index (κ3) is 11.6. The van der Waals surface area contributed by atoms with Gasteiger partial charge in [0.25, 0.3) is 0 Å². The molecule has 0 rings (SSSR count). The van der Waals surface area contributed by atoms with Gasteiger partial charge in [-0.25, -0.2) is 0 Å². The third-order valence-electron chi connectivity index (χ3n) is 1.90. The van der Waals surface area contributed by atoms with Crippen molar-refractivity contribution < 1.29 is 13.6 Å². The molecule has 0 saturated heterocycles. The molecule has 0 radical (unpaired) electrons. The molecule has 0 saturated carbocycles. The smallest absolute Gasteiger partial charge is 0.335 e. The predicted octanol–water partition coefficient (Wildman–Crippen LogP) is 3.30. The van der Waals surface area contributed by atoms with Gasteiger partial charge >= 0.3 is 8.56 Å². The predicted molar refractivity (Wildman–Crippen MR) is 70.8 cm³/mol. The standard InChI is InChI=1S/C8H18O3Si.C4H8/c1-4-10-12(3,11-5-2)8-6-7-9;1-3-4-2/h7H,4-6,8H2,1-3H3;3H,1,4H2,2H3. The van der Waals surface area contributed by atoms with Gasteiger partial charge in [-0.3, -0.25) is 0 Å². The maximum absolute atomic E-state index is 10.2. The van der Waals surface area contributed by atoms with Crippen molar-refractivity contribution in [2.24, 2.45) is 0 Å². The summed E-state index contributed by atoms with van der Waals surface area (Å²) in [5.74, 6) is 0. The highest BCUT2D eigenvalue weighted by Gasteiger charge is 2.29. The van der Waals surface area contributed by atoms with Crippen molar-refractivity contribution in [2.45, 2.75) is 46.2 Å². The van der Waals surface area contributed by atoms with Crippen LogP contribution >= 0.6 is 0 Å². The van der Waals surface area contributed by atoms with E-state index < -0.39 is 8.56 Å². The molecular formula is C12H26O3Si. The van der Waals surface area contributed by atoms with Crippen LogP contribution in [0, 0.1) is 0 Å². The molecule has 0 aromatic carbocycles. The first-order valence-electron chi connectivity index (χ1n) is 5.92. The van der Waals surface area contributed by atoms with Crippen molar-refractivity contribution in [1.82, 2.24) is 0 Å². The van der Waals surface area contributed by atoms with Gasteiger partial charge in [0.15, 0.2) is 0 Å². The van der Waals surface area contributed by atoms with E-state index in [1.165, 1.54) is 0 Å². The molecule has 0 spiro atoms. The number of hydrogen-bond acceptors (Lipinski definition) is 3. The van der Waals surface area contributed by atoms with Crippen molar-refractivity contribution in [3.63, 3.8) is 0 Å². The van der Waals surface area contributed by atoms with Gasteiger partial charge < -0.3 is 13.6 Å². The van der Waals surface area contributed by atoms with Crippen molar-refractivity contribution in [2.75, 3.05) is 13.2 Å². The van der Waals surface area contributed by atoms with Crippen LogP contribution in [-0.2, 0) is 13.6 Å². The van der Waals surface area contributed by atoms with Crippen LogP contribution in [-0.4, -0.2) is 28.1 Å². The molecular weight excluding hydrogens is 220 g/mol. The summed E-state index contributed by atoms with van der Waals surface area (Å²) in [6, 6.07) is 0.762. The van der Waals surface area contributed by atoms with Crippen LogP contribution in [0.3, 0.4) is 0 Å². The van der Waals surface area contributed by atoms with E-state index in [1.807, 2.05) is 26.5 Å². The van der Waals surface area contributed by atoms with Gasteiger partial charge in [0.1, 0.15) is 6.29 Å². The molecule has 0 bridgehead atoms. The summed E-state index contributed by atoms with van der Waals surface area (Å²) in [7, 11) is -2.00. The van der Waals surface area contributed by atoms with E-state index in [9.17, 15) is 4.79 Å². The van der Waals surface area contributed by atoms with E-state index in [4.69, 9.17) is 8.85 Å². The maximum Gasteiger partial charge on any atom is 0.335 e. The Morgan fingerprint density at radius 2 is 1.62 bits per heavy atom. The number of hydrogen-bond donors (Lipinski definition) is 0. The topological polar surface area (TPSA) is 35.5 Å². The van der Waals surface area contributed by atoms with E-state index in [0.29, 0.717) is 19.6 Å². The molecule has 0 aliphatic heterocycles. The summed E-state index contributed by atoms with van der Waals surface area (Å²) in [5, 5.41) is 0. The molecule has 0 N–H and O–H groups in total. The van der Waals surface area contributed by atoms with Gasteiger partial charge in [0.05, 0.1) is 0 Å². The van der Waals surface area contributed by atoms with Crippen LogP contribution in [0.2, 0.25) is 12.6 Å². The fraction of sp³-hybridized carbons (Fsp3) is 0.750. The average Bonchev–Trinajstić information content (AvgIpc) is 2.27. The monoisotopic (exact) mass is 246 g/mol. The summed E-state index contributed by atoms with van der Waals surface area (Å²) in [6.45, 7) is 12.8. The maximum atomic E-state index is 10.2. The van der Waals surface area contributed by atoms with E-state index in [2.05, 4.69) is 13.5 Å². The zero-order valence-electron chi connectivity index (χ0n) is 11.1. The lowest BCUT2D eigenvalue weighted by Crippen LogP contribution is -2.38. The molecule has 0 heterocycles. The van der Waals surface area contributed by atoms with Crippen molar-refractivity contribution in [1.29, 1.82) is 0 Å². The van der Waals surface area contributed by atoms with Crippen LogP contribution in [0.1, 0.15) is 33.6 Å². The third-order valence-corrected chi connectivity index (χ3v) is 4.90. The highest BCUT2D eigenvalue weighted by Crippen LogP contribution is 2.14. The number of rotatable bonds is 8. The normalized spacial score (nSPS) is 10.2. The Bertz CT molecular complexity index is 166. The van der Waals surface area contributed by atoms with Crippen molar-refractivity contribution in [3.8, 4) is 0 Å². The van der Waals surface area contributed by atoms with E-state index in [0.717, 1.165) is 18.8 Å². The van der Waals surface area contributed by atoms with E-state index >= 15 is 0 Å². The zero-order chi connectivity index (χ0) is 12.9. The fourth-order valence-corrected chi connectivity index (χ4v) is 3.35. The van der Waals surface area contributed by atoms with Crippen LogP contribution in [0.5, 0.6) is 0 Å². The number of aldehydes is 1. The van der Waals surface area contributed by atoms with Crippen LogP contribution in [0.15, 0.2) is 12.7 Å². The minimum Gasteiger partial charge on any atom is -0.395 e. The second kappa shape index (κ2) is 12.6. The molecule has 0 aromatic rings. The van der Waals surface area contributed by atoms with E-state index in [1.54, 1.807) is 0 Å². The first-order chi connectivity index (χ1) is 7.60. The fourth-order valence-electron chi connectivity index (χ4n) is 1.12. The highest BCUT2D eigenvalue weighted by atomic mass is 28.4. The van der Waals surface area contributed by atoms with Gasteiger partial charge in [0.2, 0.25) is 0 Å². The van der Waals surface area contributed by atoms with Gasteiger partial charge in [-0.05, 0) is 32.9 Å². The molecule has 0 amide bonds. The minimum absolute atomic E-state index is 0.544. The minimum atomic E-state index is -2.00. The quantitative estimate of drug-likeness (QED) is 0.374. The van der Waals surface area contributed by atoms with Gasteiger partial charge in [-0.1, -0.05) is 13.0 Å². The lowest BCUT2D eigenvalue weighted by molar-refractivity contribution is -0.107. The van der Waals surface area contributed by atoms with Crippen LogP contribution < -0.4 is 0 Å². The van der Waals surface area contributed by atoms with Gasteiger partial charge in [0, 0.05) is 19.6 Å². The Balaban J connectivity index is 0.